The van der Waals surface area contributed by atoms with Crippen molar-refractivity contribution in [1.82, 2.24) is 24.1 Å². The van der Waals surface area contributed by atoms with E-state index in [-0.39, 0.29) is 18.7 Å². The average molecular weight is 457 g/mol. The molecule has 0 bridgehead atoms. The summed E-state index contributed by atoms with van der Waals surface area (Å²) in [6.07, 6.45) is 3.36. The van der Waals surface area contributed by atoms with E-state index in [0.717, 1.165) is 37.7 Å². The predicted octanol–water partition coefficient (Wildman–Crippen LogP) is 3.81. The summed E-state index contributed by atoms with van der Waals surface area (Å²) in [5.41, 5.74) is 7.80. The van der Waals surface area contributed by atoms with Gasteiger partial charge in [0.2, 0.25) is 0 Å². The van der Waals surface area contributed by atoms with Crippen LogP contribution in [-0.2, 0) is 19.6 Å². The number of thiophene rings is 1. The average Bonchev–Trinajstić information content (AvgIpc) is 3.54. The Morgan fingerprint density at radius 1 is 1.06 bits per heavy atom. The minimum absolute atomic E-state index is 0.304. The summed E-state index contributed by atoms with van der Waals surface area (Å²) in [7, 11) is 0. The lowest BCUT2D eigenvalue weighted by atomic mass is 10.1. The predicted molar refractivity (Wildman–Crippen MR) is 121 cm³/mol. The third-order valence-electron chi connectivity index (χ3n) is 5.10. The van der Waals surface area contributed by atoms with Gasteiger partial charge in [-0.25, -0.2) is 9.48 Å². The van der Waals surface area contributed by atoms with Crippen LogP contribution in [0, 0.1) is 0 Å². The number of halogens is 2. The monoisotopic (exact) mass is 456 g/mol. The molecular formula is C22H22F2N6OS. The van der Waals surface area contributed by atoms with E-state index < -0.39 is 11.8 Å². The van der Waals surface area contributed by atoms with Gasteiger partial charge in [-0.05, 0) is 30.2 Å². The molecule has 1 aromatic carbocycles. The molecule has 0 aliphatic heterocycles. The molecule has 3 heterocycles. The molecule has 4 aromatic rings. The Kier molecular flexibility index (Phi) is 6.42. The second kappa shape index (κ2) is 9.41. The van der Waals surface area contributed by atoms with Crippen LogP contribution in [0.5, 0.6) is 0 Å². The third-order valence-corrected chi connectivity index (χ3v) is 6.22. The van der Waals surface area contributed by atoms with E-state index in [2.05, 4.69) is 34.5 Å². The fourth-order valence-electron chi connectivity index (χ4n) is 3.27. The van der Waals surface area contributed by atoms with Gasteiger partial charge in [0.25, 0.3) is 6.08 Å². The second-order valence-electron chi connectivity index (χ2n) is 7.20. The van der Waals surface area contributed by atoms with Crippen molar-refractivity contribution in [2.45, 2.75) is 26.6 Å². The molecular weight excluding hydrogens is 434 g/mol. The topological polar surface area (TPSA) is 83.7 Å². The highest BCUT2D eigenvalue weighted by Gasteiger charge is 2.12. The van der Waals surface area contributed by atoms with E-state index >= 15 is 0 Å². The van der Waals surface area contributed by atoms with Crippen LogP contribution >= 0.6 is 11.3 Å². The zero-order chi connectivity index (χ0) is 22.7. The summed E-state index contributed by atoms with van der Waals surface area (Å²) < 4.78 is 29.9. The summed E-state index contributed by atoms with van der Waals surface area (Å²) in [5.74, 6) is 0. The van der Waals surface area contributed by atoms with Gasteiger partial charge in [0, 0.05) is 40.2 Å². The minimum atomic E-state index is -1.87. The number of aromatic nitrogens is 5. The van der Waals surface area contributed by atoms with Crippen molar-refractivity contribution < 1.29 is 8.78 Å². The van der Waals surface area contributed by atoms with Crippen LogP contribution in [0.2, 0.25) is 0 Å². The smallest absolute Gasteiger partial charge is 0.327 e. The number of hydrogen-bond donors (Lipinski definition) is 1. The Bertz CT molecular complexity index is 1290. The zero-order valence-electron chi connectivity index (χ0n) is 17.4. The van der Waals surface area contributed by atoms with Gasteiger partial charge < -0.3 is 5.73 Å². The molecule has 0 aliphatic carbocycles. The first kappa shape index (κ1) is 21.8. The molecule has 0 amide bonds. The molecule has 0 spiro atoms. The molecule has 0 fully saturated rings. The third kappa shape index (κ3) is 4.61. The van der Waals surface area contributed by atoms with Crippen molar-refractivity contribution in [2.24, 2.45) is 5.73 Å². The molecule has 0 atom stereocenters. The van der Waals surface area contributed by atoms with Crippen LogP contribution in [0.3, 0.4) is 0 Å². The second-order valence-corrected chi connectivity index (χ2v) is 8.36. The Morgan fingerprint density at radius 2 is 1.81 bits per heavy atom. The van der Waals surface area contributed by atoms with Gasteiger partial charge in [0.1, 0.15) is 6.33 Å². The summed E-state index contributed by atoms with van der Waals surface area (Å²) in [5, 5.41) is 8.25. The van der Waals surface area contributed by atoms with Crippen molar-refractivity contribution in [3.8, 4) is 21.6 Å². The molecule has 7 nitrogen and oxygen atoms in total. The van der Waals surface area contributed by atoms with Gasteiger partial charge in [-0.2, -0.15) is 19.0 Å². The molecule has 4 rings (SSSR count). The van der Waals surface area contributed by atoms with Crippen LogP contribution in [0.25, 0.3) is 21.6 Å². The van der Waals surface area contributed by atoms with E-state index in [4.69, 9.17) is 5.73 Å². The van der Waals surface area contributed by atoms with Crippen molar-refractivity contribution in [3.05, 3.63) is 82.1 Å². The molecule has 32 heavy (non-hydrogen) atoms. The Hall–Kier alpha value is -3.37. The van der Waals surface area contributed by atoms with Gasteiger partial charge in [-0.15, -0.1) is 11.3 Å². The van der Waals surface area contributed by atoms with Crippen LogP contribution in [0.1, 0.15) is 11.8 Å². The van der Waals surface area contributed by atoms with Gasteiger partial charge in [-0.3, -0.25) is 9.25 Å². The molecule has 3 aromatic heterocycles. The highest BCUT2D eigenvalue weighted by Crippen LogP contribution is 2.30. The first-order valence-corrected chi connectivity index (χ1v) is 10.9. The Labute approximate surface area is 187 Å². The number of rotatable bonds is 8. The lowest BCUT2D eigenvalue weighted by Gasteiger charge is -2.02. The quantitative estimate of drug-likeness (QED) is 0.437. The first-order valence-electron chi connectivity index (χ1n) is 10.1. The normalized spacial score (nSPS) is 11.1. The fraction of sp³-hybridized carbons (Fsp3) is 0.227. The molecule has 0 saturated heterocycles. The van der Waals surface area contributed by atoms with Gasteiger partial charge in [0.15, 0.2) is 0 Å². The van der Waals surface area contributed by atoms with Crippen LogP contribution in [-0.4, -0.2) is 30.7 Å². The first-order chi connectivity index (χ1) is 15.5. The molecule has 166 valence electrons. The van der Waals surface area contributed by atoms with E-state index in [1.54, 1.807) is 11.3 Å². The van der Waals surface area contributed by atoms with E-state index in [0.29, 0.717) is 6.54 Å². The standard InChI is InChI=1S/C22H22F2N6OS/c1-2-29-11-18(10-26-29)15-3-5-16(6-4-15)20-8-7-19(32-20)13-28-14-27-30(22(28)31)12-17(9-25)21(23)24/h3-8,10-11,14H,2,9,12-13,25H2,1H3. The maximum atomic E-state index is 12.8. The molecule has 2 N–H and O–H groups in total. The number of nitrogens with two attached hydrogens (primary N) is 1. The number of benzene rings is 1. The zero-order valence-corrected chi connectivity index (χ0v) is 18.2. The van der Waals surface area contributed by atoms with Crippen molar-refractivity contribution in [1.29, 1.82) is 0 Å². The SMILES string of the molecule is CCn1cc(-c2ccc(-c3ccc(Cn4cnn(CC(CN)=C(F)F)c4=O)s3)cc2)cn1. The van der Waals surface area contributed by atoms with Gasteiger partial charge >= 0.3 is 5.69 Å². The fourth-order valence-corrected chi connectivity index (χ4v) is 4.28. The van der Waals surface area contributed by atoms with Crippen molar-refractivity contribution in [2.75, 3.05) is 6.54 Å². The lowest BCUT2D eigenvalue weighted by Crippen LogP contribution is -2.27. The van der Waals surface area contributed by atoms with Crippen LogP contribution in [0.15, 0.2) is 71.6 Å². The highest BCUT2D eigenvalue weighted by molar-refractivity contribution is 7.15. The highest BCUT2D eigenvalue weighted by atomic mass is 32.1. The van der Waals surface area contributed by atoms with Crippen LogP contribution in [0.4, 0.5) is 8.78 Å². The minimum Gasteiger partial charge on any atom is -0.327 e. The van der Waals surface area contributed by atoms with E-state index in [1.165, 1.54) is 10.9 Å². The lowest BCUT2D eigenvalue weighted by molar-refractivity contribution is 0.400. The Balaban J connectivity index is 1.48. The maximum Gasteiger partial charge on any atom is 0.346 e. The maximum absolute atomic E-state index is 12.8. The largest absolute Gasteiger partial charge is 0.346 e. The van der Waals surface area contributed by atoms with Gasteiger partial charge in [0.05, 0.1) is 19.3 Å². The van der Waals surface area contributed by atoms with E-state index in [1.807, 2.05) is 36.1 Å². The van der Waals surface area contributed by atoms with Crippen molar-refractivity contribution >= 4 is 11.3 Å². The van der Waals surface area contributed by atoms with E-state index in [9.17, 15) is 13.6 Å². The van der Waals surface area contributed by atoms with Crippen LogP contribution < -0.4 is 11.4 Å². The number of hydrogen-bond acceptors (Lipinski definition) is 5. The summed E-state index contributed by atoms with van der Waals surface area (Å²) in [6.45, 7) is 2.55. The number of nitrogens with zero attached hydrogens (tertiary/aromatic N) is 5. The Morgan fingerprint density at radius 3 is 2.47 bits per heavy atom. The molecule has 0 radical (unpaired) electrons. The number of aryl methyl sites for hydroxylation is 1. The molecule has 0 aliphatic rings. The summed E-state index contributed by atoms with van der Waals surface area (Å²) >= 11 is 1.57. The summed E-state index contributed by atoms with van der Waals surface area (Å²) in [6, 6.07) is 12.2. The molecule has 0 unspecified atom stereocenters. The molecule has 0 saturated carbocycles. The van der Waals surface area contributed by atoms with Gasteiger partial charge in [-0.1, -0.05) is 24.3 Å². The summed E-state index contributed by atoms with van der Waals surface area (Å²) in [4.78, 5) is 14.5. The van der Waals surface area contributed by atoms with Crippen molar-refractivity contribution in [3.63, 3.8) is 0 Å². The molecule has 10 heteroatoms.